The molecular weight excluding hydrogens is 254 g/mol. The predicted molar refractivity (Wildman–Crippen MR) is 72.1 cm³/mol. The Kier molecular flexibility index (Phi) is 2.45. The van der Waals surface area contributed by atoms with E-state index in [2.05, 4.69) is 10.1 Å². The maximum atomic E-state index is 11.9. The maximum Gasteiger partial charge on any atom is 0.159 e. The molecule has 3 aromatic heterocycles. The van der Waals surface area contributed by atoms with Crippen molar-refractivity contribution in [2.75, 3.05) is 0 Å². The van der Waals surface area contributed by atoms with Gasteiger partial charge in [0.15, 0.2) is 17.2 Å². The van der Waals surface area contributed by atoms with Gasteiger partial charge in [0.1, 0.15) is 11.5 Å². The van der Waals surface area contributed by atoms with Crippen molar-refractivity contribution in [1.82, 2.24) is 14.6 Å². The molecule has 0 unspecified atom stereocenters. The number of pyridine rings is 1. The van der Waals surface area contributed by atoms with Crippen molar-refractivity contribution < 1.29 is 9.21 Å². The van der Waals surface area contributed by atoms with Gasteiger partial charge in [-0.15, -0.1) is 0 Å². The molecule has 1 saturated carbocycles. The van der Waals surface area contributed by atoms with Gasteiger partial charge in [0.05, 0.1) is 12.7 Å². The summed E-state index contributed by atoms with van der Waals surface area (Å²) in [5.74, 6) is 1.81. The van der Waals surface area contributed by atoms with Gasteiger partial charge in [-0.05, 0) is 37.1 Å². The van der Waals surface area contributed by atoms with Crippen molar-refractivity contribution in [1.29, 1.82) is 0 Å². The molecule has 100 valence electrons. The Morgan fingerprint density at radius 2 is 2.20 bits per heavy atom. The molecule has 1 aliphatic rings. The molecule has 0 N–H and O–H groups in total. The highest BCUT2D eigenvalue weighted by Crippen LogP contribution is 2.30. The van der Waals surface area contributed by atoms with Gasteiger partial charge in [-0.3, -0.25) is 4.79 Å². The van der Waals surface area contributed by atoms with Crippen LogP contribution in [0.5, 0.6) is 0 Å². The molecule has 0 amide bonds. The Balaban J connectivity index is 1.75. The number of ketones is 1. The highest BCUT2D eigenvalue weighted by Gasteiger charge is 2.30. The van der Waals surface area contributed by atoms with E-state index in [-0.39, 0.29) is 11.7 Å². The first kappa shape index (κ1) is 11.4. The molecular formula is C15H13N3O2. The Morgan fingerprint density at radius 3 is 2.95 bits per heavy atom. The van der Waals surface area contributed by atoms with E-state index >= 15 is 0 Å². The molecule has 5 heteroatoms. The van der Waals surface area contributed by atoms with Crippen LogP contribution in [0.1, 0.15) is 18.7 Å². The van der Waals surface area contributed by atoms with Gasteiger partial charge in [-0.25, -0.2) is 9.50 Å². The number of Topliss-reactive ketones (excluding diaryl/α,β-unsaturated/α-hetero) is 1. The lowest BCUT2D eigenvalue weighted by Crippen LogP contribution is -2.06. The SMILES string of the molecule is O=C(Cc1nc2cccc(-c3ccco3)n2n1)C1CC1. The molecule has 0 atom stereocenters. The fourth-order valence-corrected chi connectivity index (χ4v) is 2.34. The van der Waals surface area contributed by atoms with Crippen molar-refractivity contribution >= 4 is 11.4 Å². The number of aromatic nitrogens is 3. The lowest BCUT2D eigenvalue weighted by molar-refractivity contribution is -0.119. The van der Waals surface area contributed by atoms with Gasteiger partial charge in [-0.1, -0.05) is 6.07 Å². The summed E-state index contributed by atoms with van der Waals surface area (Å²) in [6.07, 6.45) is 3.99. The predicted octanol–water partition coefficient (Wildman–Crippen LogP) is 2.51. The standard InChI is InChI=1S/C15H13N3O2/c19-12(10-6-7-10)9-14-16-15-5-1-3-11(18(15)17-14)13-4-2-8-20-13/h1-5,8,10H,6-7,9H2. The van der Waals surface area contributed by atoms with Crippen LogP contribution in [0.15, 0.2) is 41.0 Å². The van der Waals surface area contributed by atoms with E-state index in [1.54, 1.807) is 10.8 Å². The van der Waals surface area contributed by atoms with E-state index in [1.165, 1.54) is 0 Å². The van der Waals surface area contributed by atoms with Crippen molar-refractivity contribution in [3.63, 3.8) is 0 Å². The zero-order valence-electron chi connectivity index (χ0n) is 10.8. The maximum absolute atomic E-state index is 11.9. The van der Waals surface area contributed by atoms with E-state index in [0.717, 1.165) is 29.9 Å². The average Bonchev–Trinajstić information content (AvgIpc) is 3.00. The van der Waals surface area contributed by atoms with Gasteiger partial charge >= 0.3 is 0 Å². The summed E-state index contributed by atoms with van der Waals surface area (Å²) in [6.45, 7) is 0. The van der Waals surface area contributed by atoms with Crippen LogP contribution in [0.25, 0.3) is 17.1 Å². The number of hydrogen-bond acceptors (Lipinski definition) is 4. The minimum absolute atomic E-state index is 0.242. The number of fused-ring (bicyclic) bond motifs is 1. The van der Waals surface area contributed by atoms with Crippen LogP contribution < -0.4 is 0 Å². The van der Waals surface area contributed by atoms with Crippen molar-refractivity contribution in [3.8, 4) is 11.5 Å². The van der Waals surface area contributed by atoms with E-state index in [0.29, 0.717) is 12.2 Å². The quantitative estimate of drug-likeness (QED) is 0.728. The fraction of sp³-hybridized carbons (Fsp3) is 0.267. The molecule has 0 radical (unpaired) electrons. The number of carbonyl (C=O) groups is 1. The average molecular weight is 267 g/mol. The molecule has 0 aromatic carbocycles. The van der Waals surface area contributed by atoms with Crippen molar-refractivity contribution in [3.05, 3.63) is 42.4 Å². The summed E-state index contributed by atoms with van der Waals surface area (Å²) in [6, 6.07) is 9.43. The number of carbonyl (C=O) groups excluding carboxylic acids is 1. The summed E-state index contributed by atoms with van der Waals surface area (Å²) < 4.78 is 7.14. The zero-order chi connectivity index (χ0) is 13.5. The topological polar surface area (TPSA) is 60.4 Å². The van der Waals surface area contributed by atoms with Crippen LogP contribution in [0.2, 0.25) is 0 Å². The molecule has 0 saturated heterocycles. The van der Waals surface area contributed by atoms with Gasteiger partial charge in [0, 0.05) is 5.92 Å². The minimum atomic E-state index is 0.242. The van der Waals surface area contributed by atoms with Gasteiger partial charge in [0.25, 0.3) is 0 Å². The molecule has 0 bridgehead atoms. The molecule has 0 spiro atoms. The second-order valence-corrected chi connectivity index (χ2v) is 5.10. The molecule has 20 heavy (non-hydrogen) atoms. The lowest BCUT2D eigenvalue weighted by Gasteiger charge is -1.99. The number of hydrogen-bond donors (Lipinski definition) is 0. The van der Waals surface area contributed by atoms with Gasteiger partial charge in [0.2, 0.25) is 0 Å². The first-order valence-corrected chi connectivity index (χ1v) is 6.72. The third kappa shape index (κ3) is 1.91. The monoisotopic (exact) mass is 267 g/mol. The van der Waals surface area contributed by atoms with Gasteiger partial charge < -0.3 is 4.42 Å². The summed E-state index contributed by atoms with van der Waals surface area (Å²) in [4.78, 5) is 16.3. The summed E-state index contributed by atoms with van der Waals surface area (Å²) in [7, 11) is 0. The lowest BCUT2D eigenvalue weighted by atomic mass is 10.2. The van der Waals surface area contributed by atoms with E-state index < -0.39 is 0 Å². The van der Waals surface area contributed by atoms with Crippen LogP contribution >= 0.6 is 0 Å². The van der Waals surface area contributed by atoms with Crippen LogP contribution in [0.4, 0.5) is 0 Å². The second-order valence-electron chi connectivity index (χ2n) is 5.10. The third-order valence-corrected chi connectivity index (χ3v) is 3.54. The summed E-state index contributed by atoms with van der Waals surface area (Å²) >= 11 is 0. The molecule has 1 aliphatic carbocycles. The first-order chi connectivity index (χ1) is 9.81. The molecule has 3 heterocycles. The van der Waals surface area contributed by atoms with E-state index in [4.69, 9.17) is 4.42 Å². The van der Waals surface area contributed by atoms with Crippen LogP contribution in [0.3, 0.4) is 0 Å². The second kappa shape index (κ2) is 4.30. The fourth-order valence-electron chi connectivity index (χ4n) is 2.34. The van der Waals surface area contributed by atoms with E-state index in [9.17, 15) is 4.79 Å². The van der Waals surface area contributed by atoms with Crippen molar-refractivity contribution in [2.45, 2.75) is 19.3 Å². The Morgan fingerprint density at radius 1 is 1.30 bits per heavy atom. The largest absolute Gasteiger partial charge is 0.463 e. The minimum Gasteiger partial charge on any atom is -0.463 e. The molecule has 1 fully saturated rings. The van der Waals surface area contributed by atoms with Crippen LogP contribution in [0, 0.1) is 5.92 Å². The number of furan rings is 1. The number of nitrogens with zero attached hydrogens (tertiary/aromatic N) is 3. The number of rotatable bonds is 4. The highest BCUT2D eigenvalue weighted by atomic mass is 16.3. The zero-order valence-corrected chi connectivity index (χ0v) is 10.8. The first-order valence-electron chi connectivity index (χ1n) is 6.72. The van der Waals surface area contributed by atoms with Gasteiger partial charge in [-0.2, -0.15) is 5.10 Å². The molecule has 5 nitrogen and oxygen atoms in total. The normalized spacial score (nSPS) is 14.8. The Bertz CT molecular complexity index is 770. The third-order valence-electron chi connectivity index (χ3n) is 3.54. The Hall–Kier alpha value is -2.43. The molecule has 3 aromatic rings. The van der Waals surface area contributed by atoms with Crippen LogP contribution in [-0.4, -0.2) is 20.4 Å². The summed E-state index contributed by atoms with van der Waals surface area (Å²) in [5, 5.41) is 4.44. The van der Waals surface area contributed by atoms with E-state index in [1.807, 2.05) is 30.3 Å². The smallest absolute Gasteiger partial charge is 0.159 e. The molecule has 0 aliphatic heterocycles. The summed E-state index contributed by atoms with van der Waals surface area (Å²) in [5.41, 5.74) is 1.57. The van der Waals surface area contributed by atoms with Crippen molar-refractivity contribution in [2.24, 2.45) is 5.92 Å². The van der Waals surface area contributed by atoms with Crippen LogP contribution in [-0.2, 0) is 11.2 Å². The highest BCUT2D eigenvalue weighted by molar-refractivity contribution is 5.84. The Labute approximate surface area is 115 Å². The molecule has 4 rings (SSSR count).